The molecule has 0 spiro atoms. The first-order valence-corrected chi connectivity index (χ1v) is 5.24. The maximum Gasteiger partial charge on any atom is 0.0325 e. The third-order valence-electron chi connectivity index (χ3n) is 2.98. The molecule has 1 aromatic rings. The SMILES string of the molecule is Cl.Cl.NC(c1ccncc1)C1CCNCC1. The van der Waals surface area contributed by atoms with Gasteiger partial charge in [-0.15, -0.1) is 24.8 Å². The summed E-state index contributed by atoms with van der Waals surface area (Å²) in [7, 11) is 0. The van der Waals surface area contributed by atoms with Crippen LogP contribution in [0.1, 0.15) is 24.4 Å². The van der Waals surface area contributed by atoms with E-state index in [9.17, 15) is 0 Å². The van der Waals surface area contributed by atoms with Crippen LogP contribution in [-0.2, 0) is 0 Å². The summed E-state index contributed by atoms with van der Waals surface area (Å²) in [6.45, 7) is 2.20. The van der Waals surface area contributed by atoms with Gasteiger partial charge in [0.15, 0.2) is 0 Å². The van der Waals surface area contributed by atoms with Gasteiger partial charge in [0, 0.05) is 18.4 Å². The molecule has 0 aliphatic carbocycles. The van der Waals surface area contributed by atoms with Gasteiger partial charge >= 0.3 is 0 Å². The van der Waals surface area contributed by atoms with E-state index in [0.29, 0.717) is 5.92 Å². The molecule has 0 amide bonds. The molecule has 5 heteroatoms. The second kappa shape index (κ2) is 7.85. The maximum atomic E-state index is 6.21. The Hall–Kier alpha value is -0.350. The van der Waals surface area contributed by atoms with Crippen molar-refractivity contribution in [1.82, 2.24) is 10.3 Å². The Bertz CT molecular complexity index is 276. The molecule has 1 atom stereocenters. The molecule has 92 valence electrons. The molecule has 0 aromatic carbocycles. The zero-order chi connectivity index (χ0) is 9.80. The van der Waals surface area contributed by atoms with Crippen molar-refractivity contribution in [3.05, 3.63) is 30.1 Å². The average molecular weight is 264 g/mol. The summed E-state index contributed by atoms with van der Waals surface area (Å²) in [5, 5.41) is 3.35. The molecule has 1 fully saturated rings. The fraction of sp³-hybridized carbons (Fsp3) is 0.545. The third-order valence-corrected chi connectivity index (χ3v) is 2.98. The molecule has 0 radical (unpaired) electrons. The van der Waals surface area contributed by atoms with E-state index in [1.165, 1.54) is 18.4 Å². The number of halogens is 2. The topological polar surface area (TPSA) is 50.9 Å². The molecular formula is C11H19Cl2N3. The molecule has 1 unspecified atom stereocenters. The van der Waals surface area contributed by atoms with Gasteiger partial charge < -0.3 is 11.1 Å². The van der Waals surface area contributed by atoms with Crippen molar-refractivity contribution < 1.29 is 0 Å². The predicted octanol–water partition coefficient (Wildman–Crippen LogP) is 1.92. The molecule has 1 saturated heterocycles. The van der Waals surface area contributed by atoms with Gasteiger partial charge in [-0.25, -0.2) is 0 Å². The minimum atomic E-state index is 0. The molecule has 3 N–H and O–H groups in total. The normalized spacial score (nSPS) is 18.1. The smallest absolute Gasteiger partial charge is 0.0325 e. The number of piperidine rings is 1. The zero-order valence-electron chi connectivity index (χ0n) is 9.13. The molecular weight excluding hydrogens is 245 g/mol. The Morgan fingerprint density at radius 3 is 2.31 bits per heavy atom. The Morgan fingerprint density at radius 1 is 1.19 bits per heavy atom. The Labute approximate surface area is 109 Å². The second-order valence-electron chi connectivity index (χ2n) is 3.89. The van der Waals surface area contributed by atoms with Gasteiger partial charge in [-0.05, 0) is 49.5 Å². The van der Waals surface area contributed by atoms with Crippen LogP contribution >= 0.6 is 24.8 Å². The molecule has 1 aromatic heterocycles. The summed E-state index contributed by atoms with van der Waals surface area (Å²) in [5.74, 6) is 0.624. The lowest BCUT2D eigenvalue weighted by Gasteiger charge is -2.28. The standard InChI is InChI=1S/C11H17N3.2ClH/c12-11(9-1-5-13-6-2-9)10-3-7-14-8-4-10;;/h1-2,5-6,10-11,14H,3-4,7-8,12H2;2*1H. The zero-order valence-corrected chi connectivity index (χ0v) is 10.8. The highest BCUT2D eigenvalue weighted by atomic mass is 35.5. The largest absolute Gasteiger partial charge is 0.324 e. The van der Waals surface area contributed by atoms with Crippen LogP contribution < -0.4 is 11.1 Å². The third kappa shape index (κ3) is 3.91. The lowest BCUT2D eigenvalue weighted by molar-refractivity contribution is 0.322. The van der Waals surface area contributed by atoms with E-state index >= 15 is 0 Å². The summed E-state index contributed by atoms with van der Waals surface area (Å²) in [6.07, 6.45) is 6.00. The Morgan fingerprint density at radius 2 is 1.75 bits per heavy atom. The van der Waals surface area contributed by atoms with Gasteiger partial charge in [0.05, 0.1) is 0 Å². The summed E-state index contributed by atoms with van der Waals surface area (Å²) in [5.41, 5.74) is 7.43. The van der Waals surface area contributed by atoms with Gasteiger partial charge in [-0.3, -0.25) is 4.98 Å². The van der Waals surface area contributed by atoms with Gasteiger partial charge in [-0.1, -0.05) is 0 Å². The summed E-state index contributed by atoms with van der Waals surface area (Å²) >= 11 is 0. The first-order valence-electron chi connectivity index (χ1n) is 5.24. The fourth-order valence-corrected chi connectivity index (χ4v) is 2.06. The van der Waals surface area contributed by atoms with E-state index in [0.717, 1.165) is 13.1 Å². The molecule has 0 bridgehead atoms. The van der Waals surface area contributed by atoms with Crippen LogP contribution in [0.25, 0.3) is 0 Å². The van der Waals surface area contributed by atoms with E-state index < -0.39 is 0 Å². The number of hydrogen-bond acceptors (Lipinski definition) is 3. The molecule has 16 heavy (non-hydrogen) atoms. The number of pyridine rings is 1. The number of rotatable bonds is 2. The molecule has 3 nitrogen and oxygen atoms in total. The van der Waals surface area contributed by atoms with Crippen LogP contribution in [0.3, 0.4) is 0 Å². The van der Waals surface area contributed by atoms with Crippen LogP contribution in [0, 0.1) is 5.92 Å². The van der Waals surface area contributed by atoms with Crippen LogP contribution in [0.4, 0.5) is 0 Å². The monoisotopic (exact) mass is 263 g/mol. The van der Waals surface area contributed by atoms with Crippen LogP contribution in [-0.4, -0.2) is 18.1 Å². The average Bonchev–Trinajstić information content (AvgIpc) is 2.30. The number of nitrogens with one attached hydrogen (secondary N) is 1. The first kappa shape index (κ1) is 15.7. The molecule has 2 rings (SSSR count). The van der Waals surface area contributed by atoms with E-state index in [2.05, 4.69) is 10.3 Å². The maximum absolute atomic E-state index is 6.21. The minimum absolute atomic E-state index is 0. The van der Waals surface area contributed by atoms with Crippen LogP contribution in [0.15, 0.2) is 24.5 Å². The number of hydrogen-bond donors (Lipinski definition) is 2. The minimum Gasteiger partial charge on any atom is -0.324 e. The van der Waals surface area contributed by atoms with Crippen molar-refractivity contribution >= 4 is 24.8 Å². The van der Waals surface area contributed by atoms with E-state index in [-0.39, 0.29) is 30.9 Å². The highest BCUT2D eigenvalue weighted by Crippen LogP contribution is 2.25. The lowest BCUT2D eigenvalue weighted by Crippen LogP contribution is -2.33. The number of nitrogens with two attached hydrogens (primary N) is 1. The highest BCUT2D eigenvalue weighted by molar-refractivity contribution is 5.85. The van der Waals surface area contributed by atoms with Gasteiger partial charge in [0.1, 0.15) is 0 Å². The first-order chi connectivity index (χ1) is 6.88. The van der Waals surface area contributed by atoms with Crippen molar-refractivity contribution in [2.24, 2.45) is 11.7 Å². The summed E-state index contributed by atoms with van der Waals surface area (Å²) in [4.78, 5) is 4.01. The quantitative estimate of drug-likeness (QED) is 0.858. The van der Waals surface area contributed by atoms with Crippen LogP contribution in [0.2, 0.25) is 0 Å². The molecule has 2 heterocycles. The van der Waals surface area contributed by atoms with Crippen molar-refractivity contribution in [2.45, 2.75) is 18.9 Å². The molecule has 1 aliphatic heterocycles. The van der Waals surface area contributed by atoms with Gasteiger partial charge in [0.2, 0.25) is 0 Å². The van der Waals surface area contributed by atoms with E-state index in [1.807, 2.05) is 24.5 Å². The van der Waals surface area contributed by atoms with Gasteiger partial charge in [-0.2, -0.15) is 0 Å². The van der Waals surface area contributed by atoms with Gasteiger partial charge in [0.25, 0.3) is 0 Å². The predicted molar refractivity (Wildman–Crippen MR) is 71.3 cm³/mol. The van der Waals surface area contributed by atoms with Crippen molar-refractivity contribution in [2.75, 3.05) is 13.1 Å². The number of aromatic nitrogens is 1. The summed E-state index contributed by atoms with van der Waals surface area (Å²) < 4.78 is 0. The molecule has 1 aliphatic rings. The fourth-order valence-electron chi connectivity index (χ4n) is 2.06. The van der Waals surface area contributed by atoms with Crippen LogP contribution in [0.5, 0.6) is 0 Å². The highest BCUT2D eigenvalue weighted by Gasteiger charge is 2.21. The van der Waals surface area contributed by atoms with Crippen molar-refractivity contribution in [1.29, 1.82) is 0 Å². The second-order valence-corrected chi connectivity index (χ2v) is 3.89. The molecule has 0 saturated carbocycles. The van der Waals surface area contributed by atoms with Crippen molar-refractivity contribution in [3.8, 4) is 0 Å². The van der Waals surface area contributed by atoms with Crippen molar-refractivity contribution in [3.63, 3.8) is 0 Å². The Balaban J connectivity index is 0.00000112. The van der Waals surface area contributed by atoms with E-state index in [1.54, 1.807) is 0 Å². The summed E-state index contributed by atoms with van der Waals surface area (Å²) in [6, 6.07) is 4.22. The van der Waals surface area contributed by atoms with E-state index in [4.69, 9.17) is 5.73 Å². The lowest BCUT2D eigenvalue weighted by atomic mass is 9.87. The number of nitrogens with zero attached hydrogens (tertiary/aromatic N) is 1. The Kier molecular flexibility index (Phi) is 7.68.